The number of hydrogen-bond donors (Lipinski definition) is 2. The van der Waals surface area contributed by atoms with Crippen LogP contribution in [0.25, 0.3) is 0 Å². The molecule has 1 rings (SSSR count). The Hall–Kier alpha value is -0.350. The van der Waals surface area contributed by atoms with Crippen LogP contribution in [-0.2, 0) is 0 Å². The van der Waals surface area contributed by atoms with Gasteiger partial charge in [-0.3, -0.25) is 0 Å². The number of aliphatic hydroxyl groups excluding tert-OH is 1. The highest BCUT2D eigenvalue weighted by Gasteiger charge is 2.15. The first-order valence-corrected chi connectivity index (χ1v) is 6.64. The second-order valence-electron chi connectivity index (χ2n) is 4.73. The molecule has 0 heterocycles. The average molecular weight is 294 g/mol. The number of halogens is 3. The molecule has 0 aliphatic rings. The summed E-state index contributed by atoms with van der Waals surface area (Å²) in [6.07, 6.45) is -0.441. The molecule has 0 aliphatic heterocycles. The summed E-state index contributed by atoms with van der Waals surface area (Å²) in [5.74, 6) is -0.323. The fourth-order valence-corrected chi connectivity index (χ4v) is 2.06. The number of aliphatic hydroxyl groups is 1. The molecule has 18 heavy (non-hydrogen) atoms. The van der Waals surface area contributed by atoms with Crippen molar-refractivity contribution in [3.05, 3.63) is 33.6 Å². The molecular weight excluding hydrogens is 276 g/mol. The van der Waals surface area contributed by atoms with Gasteiger partial charge >= 0.3 is 0 Å². The molecule has 0 saturated heterocycles. The molecule has 1 aromatic carbocycles. The standard InChI is InChI=1S/C13H18Cl2FNO/c1-7(2)13(18)6-17-8(3)9-4-12(16)11(15)5-10(9)14/h4-5,7-8,13,17-18H,6H2,1-3H3. The number of nitrogens with one attached hydrogen (secondary N) is 1. The second-order valence-corrected chi connectivity index (χ2v) is 5.54. The van der Waals surface area contributed by atoms with E-state index in [2.05, 4.69) is 5.32 Å². The topological polar surface area (TPSA) is 32.3 Å². The van der Waals surface area contributed by atoms with Gasteiger partial charge in [0.05, 0.1) is 11.1 Å². The van der Waals surface area contributed by atoms with E-state index in [1.165, 1.54) is 12.1 Å². The Bertz CT molecular complexity index is 412. The molecule has 2 atom stereocenters. The fourth-order valence-electron chi connectivity index (χ4n) is 1.51. The van der Waals surface area contributed by atoms with Gasteiger partial charge in [0.1, 0.15) is 5.82 Å². The normalized spacial score (nSPS) is 14.9. The SMILES string of the molecule is CC(NCC(O)C(C)C)c1cc(F)c(Cl)cc1Cl. The quantitative estimate of drug-likeness (QED) is 0.810. The fraction of sp³-hybridized carbons (Fsp3) is 0.538. The molecule has 0 radical (unpaired) electrons. The summed E-state index contributed by atoms with van der Waals surface area (Å²) >= 11 is 11.7. The third-order valence-corrected chi connectivity index (χ3v) is 3.53. The lowest BCUT2D eigenvalue weighted by atomic mass is 10.1. The minimum absolute atomic E-state index is 0.0122. The van der Waals surface area contributed by atoms with E-state index in [4.69, 9.17) is 23.2 Å². The van der Waals surface area contributed by atoms with Gasteiger partial charge in [-0.05, 0) is 30.5 Å². The highest BCUT2D eigenvalue weighted by Crippen LogP contribution is 2.28. The summed E-state index contributed by atoms with van der Waals surface area (Å²) in [5, 5.41) is 13.3. The predicted octanol–water partition coefficient (Wildman–Crippen LogP) is 3.80. The van der Waals surface area contributed by atoms with Gasteiger partial charge in [-0.25, -0.2) is 4.39 Å². The largest absolute Gasteiger partial charge is 0.392 e. The monoisotopic (exact) mass is 293 g/mol. The number of hydrogen-bond acceptors (Lipinski definition) is 2. The summed E-state index contributed by atoms with van der Waals surface area (Å²) in [6.45, 7) is 6.17. The molecule has 0 amide bonds. The van der Waals surface area contributed by atoms with Crippen molar-refractivity contribution in [1.29, 1.82) is 0 Å². The molecule has 0 spiro atoms. The predicted molar refractivity (Wildman–Crippen MR) is 73.7 cm³/mol. The van der Waals surface area contributed by atoms with Crippen LogP contribution < -0.4 is 5.32 Å². The molecule has 0 aromatic heterocycles. The first-order valence-electron chi connectivity index (χ1n) is 5.88. The molecular formula is C13H18Cl2FNO. The number of rotatable bonds is 5. The number of benzene rings is 1. The lowest BCUT2D eigenvalue weighted by Crippen LogP contribution is -2.32. The van der Waals surface area contributed by atoms with E-state index in [1.54, 1.807) is 0 Å². The summed E-state index contributed by atoms with van der Waals surface area (Å²) in [7, 11) is 0. The van der Waals surface area contributed by atoms with Crippen molar-refractivity contribution in [2.24, 2.45) is 5.92 Å². The van der Waals surface area contributed by atoms with Gasteiger partial charge in [0, 0.05) is 17.6 Å². The Morgan fingerprint density at radius 3 is 2.39 bits per heavy atom. The lowest BCUT2D eigenvalue weighted by molar-refractivity contribution is 0.120. The van der Waals surface area contributed by atoms with Gasteiger partial charge in [-0.2, -0.15) is 0 Å². The van der Waals surface area contributed by atoms with E-state index in [0.717, 1.165) is 0 Å². The van der Waals surface area contributed by atoms with Crippen LogP contribution >= 0.6 is 23.2 Å². The van der Waals surface area contributed by atoms with Crippen LogP contribution in [0.3, 0.4) is 0 Å². The Labute approximate surface area is 117 Å². The zero-order chi connectivity index (χ0) is 13.9. The summed E-state index contributed by atoms with van der Waals surface area (Å²) in [4.78, 5) is 0. The van der Waals surface area contributed by atoms with Gasteiger partial charge in [0.2, 0.25) is 0 Å². The van der Waals surface area contributed by atoms with Crippen LogP contribution in [0.5, 0.6) is 0 Å². The van der Waals surface area contributed by atoms with Crippen molar-refractivity contribution in [1.82, 2.24) is 5.32 Å². The molecule has 5 heteroatoms. The highest BCUT2D eigenvalue weighted by molar-refractivity contribution is 6.35. The van der Waals surface area contributed by atoms with Crippen molar-refractivity contribution in [3.8, 4) is 0 Å². The van der Waals surface area contributed by atoms with Gasteiger partial charge < -0.3 is 10.4 Å². The van der Waals surface area contributed by atoms with E-state index in [-0.39, 0.29) is 17.0 Å². The second kappa shape index (κ2) is 6.71. The van der Waals surface area contributed by atoms with Crippen LogP contribution in [0.4, 0.5) is 4.39 Å². The molecule has 0 bridgehead atoms. The summed E-state index contributed by atoms with van der Waals surface area (Å²) in [5.41, 5.74) is 0.634. The molecule has 0 fully saturated rings. The van der Waals surface area contributed by atoms with Crippen molar-refractivity contribution >= 4 is 23.2 Å². The van der Waals surface area contributed by atoms with Gasteiger partial charge in [-0.15, -0.1) is 0 Å². The molecule has 1 aromatic rings. The third-order valence-electron chi connectivity index (χ3n) is 2.91. The Morgan fingerprint density at radius 1 is 1.22 bits per heavy atom. The van der Waals surface area contributed by atoms with Crippen molar-refractivity contribution in [3.63, 3.8) is 0 Å². The summed E-state index contributed by atoms with van der Waals surface area (Å²) in [6, 6.07) is 2.56. The van der Waals surface area contributed by atoms with Gasteiger partial charge in [0.25, 0.3) is 0 Å². The zero-order valence-corrected chi connectivity index (χ0v) is 12.2. The van der Waals surface area contributed by atoms with Crippen molar-refractivity contribution in [2.45, 2.75) is 32.9 Å². The molecule has 102 valence electrons. The Balaban J connectivity index is 2.72. The van der Waals surface area contributed by atoms with E-state index < -0.39 is 11.9 Å². The maximum absolute atomic E-state index is 13.4. The Kier molecular flexibility index (Phi) is 5.86. The van der Waals surface area contributed by atoms with Crippen LogP contribution in [0.15, 0.2) is 12.1 Å². The minimum atomic E-state index is -0.492. The van der Waals surface area contributed by atoms with Crippen LogP contribution in [-0.4, -0.2) is 17.8 Å². The first-order chi connectivity index (χ1) is 8.32. The maximum Gasteiger partial charge on any atom is 0.142 e. The van der Waals surface area contributed by atoms with Crippen LogP contribution in [0, 0.1) is 11.7 Å². The smallest absolute Gasteiger partial charge is 0.142 e. The van der Waals surface area contributed by atoms with Crippen LogP contribution in [0.2, 0.25) is 10.0 Å². The van der Waals surface area contributed by atoms with Crippen molar-refractivity contribution < 1.29 is 9.50 Å². The average Bonchev–Trinajstić information content (AvgIpc) is 2.30. The molecule has 0 aliphatic carbocycles. The van der Waals surface area contributed by atoms with E-state index in [1.807, 2.05) is 20.8 Å². The highest BCUT2D eigenvalue weighted by atomic mass is 35.5. The minimum Gasteiger partial charge on any atom is -0.392 e. The van der Waals surface area contributed by atoms with Gasteiger partial charge in [0.15, 0.2) is 0 Å². The van der Waals surface area contributed by atoms with E-state index in [0.29, 0.717) is 17.1 Å². The van der Waals surface area contributed by atoms with E-state index in [9.17, 15) is 9.50 Å². The maximum atomic E-state index is 13.4. The van der Waals surface area contributed by atoms with E-state index >= 15 is 0 Å². The lowest BCUT2D eigenvalue weighted by Gasteiger charge is -2.20. The first kappa shape index (κ1) is 15.7. The van der Waals surface area contributed by atoms with Crippen LogP contribution in [0.1, 0.15) is 32.4 Å². The zero-order valence-electron chi connectivity index (χ0n) is 10.7. The molecule has 2 nitrogen and oxygen atoms in total. The molecule has 0 saturated carbocycles. The molecule has 2 N–H and O–H groups in total. The third kappa shape index (κ3) is 4.09. The van der Waals surface area contributed by atoms with Gasteiger partial charge in [-0.1, -0.05) is 37.0 Å². The Morgan fingerprint density at radius 2 is 1.83 bits per heavy atom. The molecule has 2 unspecified atom stereocenters. The van der Waals surface area contributed by atoms with Crippen molar-refractivity contribution in [2.75, 3.05) is 6.54 Å². The summed E-state index contributed by atoms with van der Waals surface area (Å²) < 4.78 is 13.4.